The van der Waals surface area contributed by atoms with Crippen LogP contribution in [0.5, 0.6) is 0 Å². The average Bonchev–Trinajstić information content (AvgIpc) is 2.94. The zero-order valence-electron chi connectivity index (χ0n) is 22.5. The Labute approximate surface area is 224 Å². The third-order valence-electron chi connectivity index (χ3n) is 10.1. The van der Waals surface area contributed by atoms with Crippen molar-refractivity contribution in [3.63, 3.8) is 0 Å². The Bertz CT molecular complexity index is 1180. The summed E-state index contributed by atoms with van der Waals surface area (Å²) in [6, 6.07) is 6.05. The third kappa shape index (κ3) is 5.51. The van der Waals surface area contributed by atoms with E-state index in [1.807, 2.05) is 0 Å². The van der Waals surface area contributed by atoms with Crippen molar-refractivity contribution in [2.75, 3.05) is 0 Å². The molecule has 0 bridgehead atoms. The van der Waals surface area contributed by atoms with Gasteiger partial charge in [0, 0.05) is 5.56 Å². The Balaban J connectivity index is 1.21. The van der Waals surface area contributed by atoms with E-state index in [0.29, 0.717) is 43.6 Å². The summed E-state index contributed by atoms with van der Waals surface area (Å²) in [5.74, 6) is -1.12. The van der Waals surface area contributed by atoms with Crippen LogP contribution in [0.1, 0.15) is 124 Å². The second kappa shape index (κ2) is 11.8. The molecule has 3 aliphatic carbocycles. The summed E-state index contributed by atoms with van der Waals surface area (Å²) >= 11 is 0. The lowest BCUT2D eigenvalue weighted by Crippen LogP contribution is -2.21. The van der Waals surface area contributed by atoms with E-state index < -0.39 is 17.5 Å². The lowest BCUT2D eigenvalue weighted by atomic mass is 9.73. The molecule has 38 heavy (non-hydrogen) atoms. The number of hydrogen-bond acceptors (Lipinski definition) is 1. The Kier molecular flexibility index (Phi) is 8.46. The van der Waals surface area contributed by atoms with Crippen molar-refractivity contribution in [3.05, 3.63) is 69.3 Å². The van der Waals surface area contributed by atoms with Gasteiger partial charge in [-0.05, 0) is 110 Å². The van der Waals surface area contributed by atoms with E-state index in [-0.39, 0.29) is 34.3 Å². The molecule has 2 aromatic carbocycles. The van der Waals surface area contributed by atoms with Gasteiger partial charge in [-0.2, -0.15) is 5.26 Å². The molecule has 5 rings (SSSR count). The maximum absolute atomic E-state index is 15.7. The lowest BCUT2D eigenvalue weighted by molar-refractivity contribution is 0.240. The zero-order chi connectivity index (χ0) is 26.8. The van der Waals surface area contributed by atoms with Gasteiger partial charge in [0.2, 0.25) is 0 Å². The summed E-state index contributed by atoms with van der Waals surface area (Å²) in [6.45, 7) is 2.29. The Morgan fingerprint density at radius 3 is 2.11 bits per heavy atom. The molecule has 5 heteroatoms. The molecular weight excluding hydrogens is 486 g/mol. The van der Waals surface area contributed by atoms with E-state index >= 15 is 8.78 Å². The molecule has 1 unspecified atom stereocenters. The van der Waals surface area contributed by atoms with E-state index in [2.05, 4.69) is 6.92 Å². The molecule has 3 aliphatic rings. The third-order valence-corrected chi connectivity index (χ3v) is 10.1. The molecule has 0 heterocycles. The number of rotatable bonds is 6. The number of nitrogens with zero attached hydrogens (tertiary/aromatic N) is 1. The molecule has 0 N–H and O–H groups in total. The van der Waals surface area contributed by atoms with Crippen molar-refractivity contribution >= 4 is 0 Å². The highest BCUT2D eigenvalue weighted by molar-refractivity contribution is 5.40. The van der Waals surface area contributed by atoms with E-state index in [4.69, 9.17) is 5.26 Å². The van der Waals surface area contributed by atoms with E-state index in [0.717, 1.165) is 36.7 Å². The van der Waals surface area contributed by atoms with Crippen LogP contribution >= 0.6 is 0 Å². The van der Waals surface area contributed by atoms with E-state index in [1.165, 1.54) is 50.7 Å². The Hall–Kier alpha value is -2.35. The monoisotopic (exact) mass is 525 g/mol. The van der Waals surface area contributed by atoms with Gasteiger partial charge in [0.05, 0.1) is 5.56 Å². The second-order valence-electron chi connectivity index (χ2n) is 12.2. The number of benzene rings is 2. The van der Waals surface area contributed by atoms with Gasteiger partial charge >= 0.3 is 0 Å². The van der Waals surface area contributed by atoms with Gasteiger partial charge in [-0.3, -0.25) is 0 Å². The average molecular weight is 526 g/mol. The van der Waals surface area contributed by atoms with Crippen LogP contribution < -0.4 is 0 Å². The van der Waals surface area contributed by atoms with Crippen molar-refractivity contribution in [2.45, 2.75) is 109 Å². The lowest BCUT2D eigenvalue weighted by Gasteiger charge is -2.32. The maximum Gasteiger partial charge on any atom is 0.176 e. The van der Waals surface area contributed by atoms with Gasteiger partial charge in [0.15, 0.2) is 11.6 Å². The molecule has 2 fully saturated rings. The molecule has 1 atom stereocenters. The molecular formula is C33H39F4N. The van der Waals surface area contributed by atoms with Crippen molar-refractivity contribution in [2.24, 2.45) is 17.8 Å². The van der Waals surface area contributed by atoms with E-state index in [9.17, 15) is 8.78 Å². The van der Waals surface area contributed by atoms with Gasteiger partial charge in [0.1, 0.15) is 17.7 Å². The summed E-state index contributed by atoms with van der Waals surface area (Å²) in [4.78, 5) is 0. The fourth-order valence-electron chi connectivity index (χ4n) is 7.62. The summed E-state index contributed by atoms with van der Waals surface area (Å²) in [5.41, 5.74) is 1.69. The molecule has 204 valence electrons. The molecule has 0 spiro atoms. The fraction of sp³-hybridized carbons (Fsp3) is 0.606. The molecule has 2 saturated carbocycles. The van der Waals surface area contributed by atoms with Crippen LogP contribution in [-0.2, 0) is 12.8 Å². The van der Waals surface area contributed by atoms with Gasteiger partial charge in [-0.1, -0.05) is 51.5 Å². The van der Waals surface area contributed by atoms with Crippen LogP contribution in [0.3, 0.4) is 0 Å². The Morgan fingerprint density at radius 2 is 1.42 bits per heavy atom. The normalized spacial score (nSPS) is 27.5. The summed E-state index contributed by atoms with van der Waals surface area (Å²) in [5, 5.41) is 8.92. The molecule has 1 nitrogen and oxygen atoms in total. The topological polar surface area (TPSA) is 23.8 Å². The summed E-state index contributed by atoms with van der Waals surface area (Å²) in [6.07, 6.45) is 13.6. The van der Waals surface area contributed by atoms with Crippen molar-refractivity contribution < 1.29 is 17.6 Å². The highest BCUT2D eigenvalue weighted by Gasteiger charge is 2.33. The molecule has 0 saturated heterocycles. The summed E-state index contributed by atoms with van der Waals surface area (Å²) < 4.78 is 59.7. The van der Waals surface area contributed by atoms with Crippen LogP contribution in [0.4, 0.5) is 17.6 Å². The first-order chi connectivity index (χ1) is 18.4. The van der Waals surface area contributed by atoms with Crippen LogP contribution in [0.15, 0.2) is 18.2 Å². The standard InChI is InChI=1S/C33H39F4N/c1-2-20-3-5-21(6-4-20)7-8-22-9-15-28-26(17-22)18-29(34)30(32(28)36)24-12-10-23(11-13-24)27-16-14-25(19-38)31(35)33(27)37/h14,16,18,20-24H,2-13,15,17H2,1H3. The minimum Gasteiger partial charge on any atom is -0.207 e. The van der Waals surface area contributed by atoms with Crippen molar-refractivity contribution in [3.8, 4) is 6.07 Å². The molecule has 2 aromatic rings. The number of hydrogen-bond donors (Lipinski definition) is 0. The highest BCUT2D eigenvalue weighted by Crippen LogP contribution is 2.45. The van der Waals surface area contributed by atoms with Crippen molar-refractivity contribution in [1.29, 1.82) is 5.26 Å². The first-order valence-electron chi connectivity index (χ1n) is 14.8. The van der Waals surface area contributed by atoms with Crippen LogP contribution in [-0.4, -0.2) is 0 Å². The highest BCUT2D eigenvalue weighted by atomic mass is 19.2. The van der Waals surface area contributed by atoms with Gasteiger partial charge in [-0.25, -0.2) is 17.6 Å². The minimum atomic E-state index is -1.11. The predicted molar refractivity (Wildman–Crippen MR) is 142 cm³/mol. The van der Waals surface area contributed by atoms with Gasteiger partial charge in [0.25, 0.3) is 0 Å². The number of fused-ring (bicyclic) bond motifs is 1. The SMILES string of the molecule is CCC1CCC(CCC2CCc3c(cc(F)c(C4CCC(c5ccc(C#N)c(F)c5F)CC4)c3F)C2)CC1. The quantitative estimate of drug-likeness (QED) is 0.344. The molecule has 0 aromatic heterocycles. The molecule has 0 amide bonds. The van der Waals surface area contributed by atoms with Crippen LogP contribution in [0, 0.1) is 52.4 Å². The fourth-order valence-corrected chi connectivity index (χ4v) is 7.62. The van der Waals surface area contributed by atoms with Crippen molar-refractivity contribution in [1.82, 2.24) is 0 Å². The zero-order valence-corrected chi connectivity index (χ0v) is 22.5. The summed E-state index contributed by atoms with van der Waals surface area (Å²) in [7, 11) is 0. The van der Waals surface area contributed by atoms with Crippen LogP contribution in [0.25, 0.3) is 0 Å². The van der Waals surface area contributed by atoms with Gasteiger partial charge < -0.3 is 0 Å². The maximum atomic E-state index is 15.7. The predicted octanol–water partition coefficient (Wildman–Crippen LogP) is 9.66. The second-order valence-corrected chi connectivity index (χ2v) is 12.2. The number of nitriles is 1. The van der Waals surface area contributed by atoms with E-state index in [1.54, 1.807) is 12.1 Å². The smallest absolute Gasteiger partial charge is 0.176 e. The van der Waals surface area contributed by atoms with Crippen LogP contribution in [0.2, 0.25) is 0 Å². The number of halogens is 4. The molecule has 0 radical (unpaired) electrons. The minimum absolute atomic E-state index is 0.194. The first kappa shape index (κ1) is 27.2. The molecule has 0 aliphatic heterocycles. The Morgan fingerprint density at radius 1 is 0.763 bits per heavy atom. The van der Waals surface area contributed by atoms with Gasteiger partial charge in [-0.15, -0.1) is 0 Å². The first-order valence-corrected chi connectivity index (χ1v) is 14.8. The largest absolute Gasteiger partial charge is 0.207 e.